The van der Waals surface area contributed by atoms with Crippen LogP contribution in [-0.2, 0) is 6.18 Å². The first-order chi connectivity index (χ1) is 12.9. The predicted molar refractivity (Wildman–Crippen MR) is 91.6 cm³/mol. The first-order valence-electron chi connectivity index (χ1n) is 7.63. The third-order valence-corrected chi connectivity index (χ3v) is 3.77. The fourth-order valence-corrected chi connectivity index (χ4v) is 2.46. The second kappa shape index (κ2) is 7.14. The lowest BCUT2D eigenvalue weighted by Crippen LogP contribution is -2.04. The largest absolute Gasteiger partial charge is 0.416 e. The standard InChI is InChI=1S/C19H10F3N5/c20-19(21,22)16-3-1-2-12(8-16)4-5-13-9-14(6-7-15(13)10-23)18-17(11-24)25-27-26-18/h1-9H,(H,25,26,27)/b5-4+. The smallest absolute Gasteiger partial charge is 0.196 e. The molecule has 5 nitrogen and oxygen atoms in total. The SMILES string of the molecule is N#Cc1ccc(-c2n[nH]nc2C#N)cc1/C=C/c1cccc(C(F)(F)F)c1. The first kappa shape index (κ1) is 17.9. The number of nitriles is 2. The Labute approximate surface area is 152 Å². The topological polar surface area (TPSA) is 89.2 Å². The van der Waals surface area contributed by atoms with Gasteiger partial charge in [0.05, 0.1) is 17.2 Å². The van der Waals surface area contributed by atoms with E-state index in [1.165, 1.54) is 18.2 Å². The molecule has 1 heterocycles. The van der Waals surface area contributed by atoms with E-state index in [0.717, 1.165) is 12.1 Å². The summed E-state index contributed by atoms with van der Waals surface area (Å²) in [5, 5.41) is 28.3. The molecule has 2 aromatic carbocycles. The minimum absolute atomic E-state index is 0.104. The molecule has 0 saturated heterocycles. The molecule has 3 rings (SSSR count). The van der Waals surface area contributed by atoms with Gasteiger partial charge < -0.3 is 0 Å². The molecule has 0 radical (unpaired) electrons. The Bertz CT molecular complexity index is 1100. The number of halogens is 3. The van der Waals surface area contributed by atoms with Crippen molar-refractivity contribution in [1.82, 2.24) is 15.4 Å². The van der Waals surface area contributed by atoms with Gasteiger partial charge in [0, 0.05) is 5.56 Å². The van der Waals surface area contributed by atoms with Crippen LogP contribution in [0.1, 0.15) is 27.9 Å². The van der Waals surface area contributed by atoms with Crippen LogP contribution in [0.15, 0.2) is 42.5 Å². The lowest BCUT2D eigenvalue weighted by atomic mass is 10.0. The van der Waals surface area contributed by atoms with E-state index < -0.39 is 11.7 Å². The number of nitrogens with one attached hydrogen (secondary N) is 1. The lowest BCUT2D eigenvalue weighted by Gasteiger charge is -2.07. The Hall–Kier alpha value is -3.91. The Morgan fingerprint density at radius 2 is 1.78 bits per heavy atom. The van der Waals surface area contributed by atoms with Crippen molar-refractivity contribution in [2.75, 3.05) is 0 Å². The molecule has 27 heavy (non-hydrogen) atoms. The zero-order valence-electron chi connectivity index (χ0n) is 13.6. The summed E-state index contributed by atoms with van der Waals surface area (Å²) in [5.74, 6) is 0. The highest BCUT2D eigenvalue weighted by molar-refractivity contribution is 5.77. The van der Waals surface area contributed by atoms with E-state index in [1.54, 1.807) is 24.3 Å². The van der Waals surface area contributed by atoms with Crippen molar-refractivity contribution < 1.29 is 13.2 Å². The van der Waals surface area contributed by atoms with Gasteiger partial charge in [0.25, 0.3) is 0 Å². The maximum Gasteiger partial charge on any atom is 0.416 e. The minimum Gasteiger partial charge on any atom is -0.196 e. The number of alkyl halides is 3. The molecule has 132 valence electrons. The van der Waals surface area contributed by atoms with Crippen LogP contribution in [0.2, 0.25) is 0 Å². The summed E-state index contributed by atoms with van der Waals surface area (Å²) in [7, 11) is 0. The highest BCUT2D eigenvalue weighted by Crippen LogP contribution is 2.30. The minimum atomic E-state index is -4.43. The van der Waals surface area contributed by atoms with Crippen molar-refractivity contribution in [2.45, 2.75) is 6.18 Å². The molecule has 8 heteroatoms. The van der Waals surface area contributed by atoms with E-state index >= 15 is 0 Å². The predicted octanol–water partition coefficient (Wildman–Crippen LogP) is 4.40. The van der Waals surface area contributed by atoms with E-state index in [0.29, 0.717) is 27.9 Å². The number of nitrogens with zero attached hydrogens (tertiary/aromatic N) is 4. The van der Waals surface area contributed by atoms with E-state index in [-0.39, 0.29) is 5.69 Å². The molecular formula is C19H10F3N5. The molecular weight excluding hydrogens is 355 g/mol. The van der Waals surface area contributed by atoms with Crippen LogP contribution in [0.4, 0.5) is 13.2 Å². The van der Waals surface area contributed by atoms with Gasteiger partial charge in [-0.25, -0.2) is 0 Å². The van der Waals surface area contributed by atoms with Gasteiger partial charge in [0.15, 0.2) is 5.69 Å². The molecule has 1 N–H and O–H groups in total. The summed E-state index contributed by atoms with van der Waals surface area (Å²) in [5.41, 5.74) is 1.41. The van der Waals surface area contributed by atoms with Gasteiger partial charge in [0.2, 0.25) is 0 Å². The van der Waals surface area contributed by atoms with Crippen molar-refractivity contribution in [2.24, 2.45) is 0 Å². The molecule has 3 aromatic rings. The normalized spacial score (nSPS) is 11.3. The van der Waals surface area contributed by atoms with Gasteiger partial charge in [-0.1, -0.05) is 30.4 Å². The Morgan fingerprint density at radius 3 is 2.48 bits per heavy atom. The first-order valence-corrected chi connectivity index (χ1v) is 7.63. The highest BCUT2D eigenvalue weighted by Gasteiger charge is 2.30. The molecule has 0 bridgehead atoms. The monoisotopic (exact) mass is 365 g/mol. The number of hydrogen-bond donors (Lipinski definition) is 1. The summed E-state index contributed by atoms with van der Waals surface area (Å²) in [4.78, 5) is 0. The maximum atomic E-state index is 12.8. The van der Waals surface area contributed by atoms with Crippen LogP contribution in [-0.4, -0.2) is 15.4 Å². The maximum absolute atomic E-state index is 12.8. The van der Waals surface area contributed by atoms with Crippen molar-refractivity contribution in [3.05, 3.63) is 70.4 Å². The quantitative estimate of drug-likeness (QED) is 0.697. The van der Waals surface area contributed by atoms with E-state index in [2.05, 4.69) is 15.4 Å². The second-order valence-corrected chi connectivity index (χ2v) is 5.50. The zero-order valence-corrected chi connectivity index (χ0v) is 13.6. The fraction of sp³-hybridized carbons (Fsp3) is 0.0526. The number of rotatable bonds is 3. The Kier molecular flexibility index (Phi) is 4.73. The number of benzene rings is 2. The molecule has 0 saturated carbocycles. The molecule has 1 aromatic heterocycles. The van der Waals surface area contributed by atoms with Crippen molar-refractivity contribution in [1.29, 1.82) is 10.5 Å². The lowest BCUT2D eigenvalue weighted by molar-refractivity contribution is -0.137. The highest BCUT2D eigenvalue weighted by atomic mass is 19.4. The summed E-state index contributed by atoms with van der Waals surface area (Å²) >= 11 is 0. The summed E-state index contributed by atoms with van der Waals surface area (Å²) < 4.78 is 38.5. The second-order valence-electron chi connectivity index (χ2n) is 5.50. The molecule has 0 spiro atoms. The van der Waals surface area contributed by atoms with Crippen LogP contribution in [0.3, 0.4) is 0 Å². The van der Waals surface area contributed by atoms with Crippen LogP contribution in [0, 0.1) is 22.7 Å². The summed E-state index contributed by atoms with van der Waals surface area (Å²) in [6.45, 7) is 0. The van der Waals surface area contributed by atoms with Crippen molar-refractivity contribution in [3.63, 3.8) is 0 Å². The van der Waals surface area contributed by atoms with Gasteiger partial charge in [-0.2, -0.15) is 34.0 Å². The van der Waals surface area contributed by atoms with Gasteiger partial charge in [-0.15, -0.1) is 5.10 Å². The van der Waals surface area contributed by atoms with E-state index in [1.807, 2.05) is 12.1 Å². The third-order valence-electron chi connectivity index (χ3n) is 3.77. The van der Waals surface area contributed by atoms with E-state index in [9.17, 15) is 18.4 Å². The van der Waals surface area contributed by atoms with Gasteiger partial charge in [0.1, 0.15) is 11.8 Å². The molecule has 0 aliphatic carbocycles. The number of aromatic amines is 1. The third kappa shape index (κ3) is 3.86. The average Bonchev–Trinajstić information content (AvgIpc) is 3.14. The van der Waals surface area contributed by atoms with Gasteiger partial charge in [-0.3, -0.25) is 0 Å². The van der Waals surface area contributed by atoms with Crippen LogP contribution in [0.25, 0.3) is 23.4 Å². The molecule has 0 amide bonds. The summed E-state index contributed by atoms with van der Waals surface area (Å²) in [6.07, 6.45) is -1.39. The van der Waals surface area contributed by atoms with Crippen molar-refractivity contribution in [3.8, 4) is 23.4 Å². The molecule has 0 aliphatic heterocycles. The number of H-pyrrole nitrogens is 1. The van der Waals surface area contributed by atoms with Crippen LogP contribution < -0.4 is 0 Å². The average molecular weight is 365 g/mol. The van der Waals surface area contributed by atoms with Gasteiger partial charge in [-0.05, 0) is 35.4 Å². The van der Waals surface area contributed by atoms with Crippen LogP contribution in [0.5, 0.6) is 0 Å². The Morgan fingerprint density at radius 1 is 0.963 bits per heavy atom. The fourth-order valence-electron chi connectivity index (χ4n) is 2.46. The molecule has 0 atom stereocenters. The molecule has 0 aliphatic rings. The number of aromatic nitrogens is 3. The number of hydrogen-bond acceptors (Lipinski definition) is 4. The van der Waals surface area contributed by atoms with Crippen LogP contribution >= 0.6 is 0 Å². The molecule has 0 unspecified atom stereocenters. The zero-order chi connectivity index (χ0) is 19.4. The van der Waals surface area contributed by atoms with Gasteiger partial charge >= 0.3 is 6.18 Å². The van der Waals surface area contributed by atoms with Crippen molar-refractivity contribution >= 4 is 12.2 Å². The summed E-state index contributed by atoms with van der Waals surface area (Å²) in [6, 6.07) is 13.6. The molecule has 0 fully saturated rings. The van der Waals surface area contributed by atoms with E-state index in [4.69, 9.17) is 5.26 Å². The Balaban J connectivity index is 2.00.